The molecule has 1 aromatic carbocycles. The molecule has 1 rings (SSSR count). The summed E-state index contributed by atoms with van der Waals surface area (Å²) < 4.78 is 172. The van der Waals surface area contributed by atoms with E-state index >= 15 is 0 Å². The molecule has 0 radical (unpaired) electrons. The summed E-state index contributed by atoms with van der Waals surface area (Å²) in [6.45, 7) is 0. The molecular formula is C10HF11O3S. The molecular weight excluding hydrogens is 409 g/mol. The van der Waals surface area contributed by atoms with Crippen molar-refractivity contribution in [1.29, 1.82) is 0 Å². The van der Waals surface area contributed by atoms with Crippen LogP contribution in [0.3, 0.4) is 0 Å². The van der Waals surface area contributed by atoms with Crippen molar-refractivity contribution < 1.29 is 61.3 Å². The highest BCUT2D eigenvalue weighted by molar-refractivity contribution is 7.85. The summed E-state index contributed by atoms with van der Waals surface area (Å²) in [4.78, 5) is -3.17. The van der Waals surface area contributed by atoms with Crippen molar-refractivity contribution in [2.75, 3.05) is 0 Å². The Kier molecular flexibility index (Phi) is 5.17. The smallest absolute Gasteiger partial charge is 0.282 e. The van der Waals surface area contributed by atoms with Crippen LogP contribution < -0.4 is 0 Å². The highest BCUT2D eigenvalue weighted by Gasteiger charge is 2.53. The van der Waals surface area contributed by atoms with E-state index in [2.05, 4.69) is 0 Å². The molecule has 142 valence electrons. The lowest BCUT2D eigenvalue weighted by Gasteiger charge is -2.21. The number of halogens is 11. The molecule has 0 aliphatic carbocycles. The standard InChI is InChI=1S/C10HF11O3S/c11-3-1(10(19,20)21)4(12)5(13)6(25(22,23)24)2(3)9(17,18)7(14)8(15)16/h(H,22,23,24). The fourth-order valence-electron chi connectivity index (χ4n) is 1.64. The van der Waals surface area contributed by atoms with Crippen molar-refractivity contribution in [2.24, 2.45) is 0 Å². The highest BCUT2D eigenvalue weighted by Crippen LogP contribution is 2.47. The van der Waals surface area contributed by atoms with Gasteiger partial charge in [-0.3, -0.25) is 4.55 Å². The van der Waals surface area contributed by atoms with Crippen LogP contribution in [-0.2, 0) is 22.2 Å². The van der Waals surface area contributed by atoms with E-state index < -0.39 is 67.6 Å². The van der Waals surface area contributed by atoms with Gasteiger partial charge in [0.05, 0.1) is 5.56 Å². The fraction of sp³-hybridized carbons (Fsp3) is 0.200. The number of hydrogen-bond donors (Lipinski definition) is 1. The van der Waals surface area contributed by atoms with Crippen LogP contribution in [0.15, 0.2) is 16.8 Å². The molecule has 25 heavy (non-hydrogen) atoms. The molecule has 0 saturated heterocycles. The van der Waals surface area contributed by atoms with Crippen LogP contribution in [0.2, 0.25) is 0 Å². The molecule has 0 atom stereocenters. The van der Waals surface area contributed by atoms with E-state index in [1.807, 2.05) is 0 Å². The first-order chi connectivity index (χ1) is 11.0. The number of hydrogen-bond acceptors (Lipinski definition) is 2. The normalized spacial score (nSPS) is 13.1. The number of rotatable bonds is 3. The predicted octanol–water partition coefficient (Wildman–Crippen LogP) is 4.54. The van der Waals surface area contributed by atoms with Crippen molar-refractivity contribution in [3.8, 4) is 0 Å². The zero-order chi connectivity index (χ0) is 20.1. The van der Waals surface area contributed by atoms with Gasteiger partial charge in [-0.15, -0.1) is 0 Å². The third-order valence-corrected chi connectivity index (χ3v) is 3.47. The Hall–Kier alpha value is -1.90. The van der Waals surface area contributed by atoms with Crippen LogP contribution in [0.5, 0.6) is 0 Å². The second-order valence-electron chi connectivity index (χ2n) is 4.14. The Morgan fingerprint density at radius 2 is 1.24 bits per heavy atom. The van der Waals surface area contributed by atoms with Gasteiger partial charge in [-0.05, 0) is 0 Å². The largest absolute Gasteiger partial charge is 0.422 e. The van der Waals surface area contributed by atoms with Crippen LogP contribution in [0.25, 0.3) is 0 Å². The van der Waals surface area contributed by atoms with Crippen LogP contribution >= 0.6 is 0 Å². The summed E-state index contributed by atoms with van der Waals surface area (Å²) in [5.74, 6) is -20.5. The van der Waals surface area contributed by atoms with Crippen LogP contribution in [0.4, 0.5) is 48.3 Å². The molecule has 0 heterocycles. The minimum Gasteiger partial charge on any atom is -0.282 e. The molecule has 0 unspecified atom stereocenters. The Balaban J connectivity index is 4.28. The van der Waals surface area contributed by atoms with Gasteiger partial charge in [-0.1, -0.05) is 0 Å². The highest BCUT2D eigenvalue weighted by atomic mass is 32.2. The Morgan fingerprint density at radius 1 is 0.800 bits per heavy atom. The quantitative estimate of drug-likeness (QED) is 0.453. The molecule has 0 spiro atoms. The van der Waals surface area contributed by atoms with E-state index in [1.54, 1.807) is 0 Å². The predicted molar refractivity (Wildman–Crippen MR) is 55.4 cm³/mol. The lowest BCUT2D eigenvalue weighted by Crippen LogP contribution is -2.27. The second kappa shape index (κ2) is 6.12. The Morgan fingerprint density at radius 3 is 1.56 bits per heavy atom. The van der Waals surface area contributed by atoms with Gasteiger partial charge in [0.2, 0.25) is 5.83 Å². The van der Waals surface area contributed by atoms with Gasteiger partial charge >= 0.3 is 18.2 Å². The van der Waals surface area contributed by atoms with Gasteiger partial charge in [0.25, 0.3) is 10.1 Å². The lowest BCUT2D eigenvalue weighted by atomic mass is 10.0. The van der Waals surface area contributed by atoms with E-state index in [9.17, 15) is 56.7 Å². The first-order valence-corrected chi connectivity index (χ1v) is 6.74. The van der Waals surface area contributed by atoms with Crippen molar-refractivity contribution in [1.82, 2.24) is 0 Å². The average Bonchev–Trinajstić information content (AvgIpc) is 2.38. The van der Waals surface area contributed by atoms with Gasteiger partial charge < -0.3 is 0 Å². The number of allylic oxidation sites excluding steroid dienone is 1. The zero-order valence-electron chi connectivity index (χ0n) is 10.8. The summed E-state index contributed by atoms with van der Waals surface area (Å²) in [5, 5.41) is 0. The molecule has 0 aromatic heterocycles. The molecule has 0 fully saturated rings. The molecule has 0 bridgehead atoms. The van der Waals surface area contributed by atoms with E-state index in [4.69, 9.17) is 4.55 Å². The van der Waals surface area contributed by atoms with Gasteiger partial charge in [-0.25, -0.2) is 13.2 Å². The van der Waals surface area contributed by atoms with Crippen LogP contribution in [0.1, 0.15) is 11.1 Å². The first kappa shape index (κ1) is 21.1. The molecule has 15 heteroatoms. The van der Waals surface area contributed by atoms with Crippen molar-refractivity contribution in [2.45, 2.75) is 17.0 Å². The van der Waals surface area contributed by atoms with E-state index in [0.717, 1.165) is 0 Å². The summed E-state index contributed by atoms with van der Waals surface area (Å²) in [6.07, 6.45) is -10.2. The first-order valence-electron chi connectivity index (χ1n) is 5.30. The molecule has 0 saturated carbocycles. The minimum absolute atomic E-state index is 3.17. The Labute approximate surface area is 130 Å². The summed E-state index contributed by atoms with van der Waals surface area (Å²) >= 11 is 0. The SMILES string of the molecule is O=S(=O)(O)c1c(F)c(F)c(C(F)(F)F)c(F)c1C(F)(F)C(F)=C(F)F. The minimum atomic E-state index is -6.45. The third kappa shape index (κ3) is 3.56. The van der Waals surface area contributed by atoms with Crippen molar-refractivity contribution in [3.05, 3.63) is 40.5 Å². The average molecular weight is 410 g/mol. The number of benzene rings is 1. The molecule has 0 aliphatic heterocycles. The summed E-state index contributed by atoms with van der Waals surface area (Å²) in [6, 6.07) is 0. The molecule has 3 nitrogen and oxygen atoms in total. The fourth-order valence-corrected chi connectivity index (χ4v) is 2.43. The van der Waals surface area contributed by atoms with Gasteiger partial charge in [-0.2, -0.15) is 43.5 Å². The van der Waals surface area contributed by atoms with Crippen LogP contribution in [0, 0.1) is 17.5 Å². The van der Waals surface area contributed by atoms with Gasteiger partial charge in [0, 0.05) is 0 Å². The molecule has 1 N–H and O–H groups in total. The van der Waals surface area contributed by atoms with Gasteiger partial charge in [0.15, 0.2) is 11.6 Å². The maximum Gasteiger partial charge on any atom is 0.422 e. The lowest BCUT2D eigenvalue weighted by molar-refractivity contribution is -0.143. The maximum absolute atomic E-state index is 13.7. The molecule has 0 aliphatic rings. The topological polar surface area (TPSA) is 54.4 Å². The Bertz CT molecular complexity index is 850. The summed E-state index contributed by atoms with van der Waals surface area (Å²) in [7, 11) is -6.45. The van der Waals surface area contributed by atoms with Gasteiger partial charge in [0.1, 0.15) is 16.3 Å². The van der Waals surface area contributed by atoms with Crippen LogP contribution in [-0.4, -0.2) is 13.0 Å². The molecule has 1 aromatic rings. The monoisotopic (exact) mass is 410 g/mol. The van der Waals surface area contributed by atoms with Crippen molar-refractivity contribution >= 4 is 10.1 Å². The number of alkyl halides is 5. The zero-order valence-corrected chi connectivity index (χ0v) is 11.6. The van der Waals surface area contributed by atoms with E-state index in [-0.39, 0.29) is 0 Å². The third-order valence-electron chi connectivity index (χ3n) is 2.57. The maximum atomic E-state index is 13.7. The molecule has 0 amide bonds. The summed E-state index contributed by atoms with van der Waals surface area (Å²) in [5.41, 5.74) is -6.93. The second-order valence-corrected chi connectivity index (χ2v) is 5.50. The van der Waals surface area contributed by atoms with E-state index in [0.29, 0.717) is 0 Å². The van der Waals surface area contributed by atoms with Crippen molar-refractivity contribution in [3.63, 3.8) is 0 Å². The van der Waals surface area contributed by atoms with E-state index in [1.165, 1.54) is 0 Å².